The van der Waals surface area contributed by atoms with Crippen LogP contribution in [0.3, 0.4) is 0 Å². The molecule has 3 aromatic rings. The number of benzene rings is 2. The average molecular weight is 469 g/mol. The Labute approximate surface area is 192 Å². The second kappa shape index (κ2) is 10.4. The van der Waals surface area contributed by atoms with Crippen LogP contribution in [0.5, 0.6) is 0 Å². The Kier molecular flexibility index (Phi) is 7.57. The topological polar surface area (TPSA) is 112 Å². The molecule has 0 radical (unpaired) electrons. The van der Waals surface area contributed by atoms with Crippen molar-refractivity contribution >= 4 is 38.9 Å². The summed E-state index contributed by atoms with van der Waals surface area (Å²) in [5.74, 6) is -1.41. The van der Waals surface area contributed by atoms with Crippen molar-refractivity contribution in [1.29, 1.82) is 0 Å². The number of methoxy groups -OCH3 is 1. The number of ether oxygens (including phenoxy) is 2. The van der Waals surface area contributed by atoms with Crippen molar-refractivity contribution < 1.29 is 27.5 Å². The molecule has 0 amide bonds. The summed E-state index contributed by atoms with van der Waals surface area (Å²) >= 11 is 0. The summed E-state index contributed by atoms with van der Waals surface area (Å²) in [6.45, 7) is 2.81. The lowest BCUT2D eigenvalue weighted by atomic mass is 10.0. The van der Waals surface area contributed by atoms with Gasteiger partial charge in [-0.3, -0.25) is 4.79 Å². The van der Waals surface area contributed by atoms with Crippen molar-refractivity contribution in [3.05, 3.63) is 81.9 Å². The number of carbonyl (C=O) groups is 2. The van der Waals surface area contributed by atoms with Crippen molar-refractivity contribution in [1.82, 2.24) is 9.71 Å². The van der Waals surface area contributed by atoms with Gasteiger partial charge < -0.3 is 9.47 Å². The second-order valence-corrected chi connectivity index (χ2v) is 8.96. The van der Waals surface area contributed by atoms with E-state index >= 15 is 0 Å². The zero-order chi connectivity index (χ0) is 24.0. The van der Waals surface area contributed by atoms with Gasteiger partial charge in [0.1, 0.15) is 13.2 Å². The van der Waals surface area contributed by atoms with Gasteiger partial charge in [0.15, 0.2) is 0 Å². The molecule has 0 aliphatic carbocycles. The van der Waals surface area contributed by atoms with Gasteiger partial charge in [-0.25, -0.2) is 22.9 Å². The summed E-state index contributed by atoms with van der Waals surface area (Å²) in [6, 6.07) is 14.5. The molecular formula is C24H24N2O6S. The van der Waals surface area contributed by atoms with Crippen LogP contribution in [0.1, 0.15) is 32.7 Å². The fourth-order valence-electron chi connectivity index (χ4n) is 3.17. The summed E-state index contributed by atoms with van der Waals surface area (Å²) in [4.78, 5) is 28.9. The Morgan fingerprint density at radius 2 is 1.76 bits per heavy atom. The number of aryl methyl sites for hydroxylation is 2. The highest BCUT2D eigenvalue weighted by atomic mass is 32.2. The molecule has 1 heterocycles. The largest absolute Gasteiger partial charge is 0.465 e. The molecule has 2 aromatic carbocycles. The number of fused-ring (bicyclic) bond motifs is 1. The van der Waals surface area contributed by atoms with Crippen LogP contribution in [0.4, 0.5) is 0 Å². The van der Waals surface area contributed by atoms with Crippen molar-refractivity contribution in [2.45, 2.75) is 20.5 Å². The lowest BCUT2D eigenvalue weighted by Crippen LogP contribution is -2.29. The predicted molar refractivity (Wildman–Crippen MR) is 125 cm³/mol. The molecule has 8 nitrogen and oxygen atoms in total. The maximum atomic E-state index is 12.3. The van der Waals surface area contributed by atoms with E-state index in [0.29, 0.717) is 16.6 Å². The van der Waals surface area contributed by atoms with Gasteiger partial charge in [-0.2, -0.15) is 0 Å². The number of aromatic nitrogens is 1. The van der Waals surface area contributed by atoms with Crippen molar-refractivity contribution in [3.8, 4) is 0 Å². The molecule has 0 aliphatic rings. The fraction of sp³-hybridized carbons (Fsp3) is 0.208. The molecule has 0 atom stereocenters. The van der Waals surface area contributed by atoms with Crippen molar-refractivity contribution in [2.24, 2.45) is 0 Å². The number of sulfonamides is 1. The molecule has 9 heteroatoms. The molecule has 0 unspecified atom stereocenters. The Morgan fingerprint density at radius 3 is 2.45 bits per heavy atom. The maximum Gasteiger partial charge on any atom is 0.340 e. The third-order valence-electron chi connectivity index (χ3n) is 4.92. The van der Waals surface area contributed by atoms with Crippen LogP contribution >= 0.6 is 0 Å². The van der Waals surface area contributed by atoms with E-state index in [1.54, 1.807) is 31.2 Å². The molecule has 0 saturated carbocycles. The van der Waals surface area contributed by atoms with Gasteiger partial charge >= 0.3 is 11.9 Å². The quantitative estimate of drug-likeness (QED) is 0.505. The van der Waals surface area contributed by atoms with Gasteiger partial charge in [0.25, 0.3) is 0 Å². The van der Waals surface area contributed by atoms with E-state index < -0.39 is 28.5 Å². The number of hydrogen-bond acceptors (Lipinski definition) is 7. The summed E-state index contributed by atoms with van der Waals surface area (Å²) < 4.78 is 36.5. The van der Waals surface area contributed by atoms with Crippen LogP contribution in [0.15, 0.2) is 53.9 Å². The summed E-state index contributed by atoms with van der Waals surface area (Å²) in [7, 11) is -2.59. The zero-order valence-corrected chi connectivity index (χ0v) is 19.3. The van der Waals surface area contributed by atoms with E-state index in [9.17, 15) is 18.0 Å². The molecule has 3 rings (SSSR count). The first-order valence-corrected chi connectivity index (χ1v) is 11.6. The van der Waals surface area contributed by atoms with Gasteiger partial charge in [0, 0.05) is 10.8 Å². The highest BCUT2D eigenvalue weighted by Crippen LogP contribution is 2.24. The summed E-state index contributed by atoms with van der Waals surface area (Å²) in [6.07, 6.45) is 1.43. The summed E-state index contributed by atoms with van der Waals surface area (Å²) in [5.41, 5.74) is 3.50. The third-order valence-corrected chi connectivity index (χ3v) is 5.96. The number of pyridine rings is 1. The van der Waals surface area contributed by atoms with E-state index in [0.717, 1.165) is 16.4 Å². The van der Waals surface area contributed by atoms with Crippen LogP contribution in [0, 0.1) is 13.8 Å². The molecule has 0 saturated heterocycles. The number of esters is 2. The van der Waals surface area contributed by atoms with Crippen molar-refractivity contribution in [2.75, 3.05) is 13.7 Å². The third kappa shape index (κ3) is 6.24. The van der Waals surface area contributed by atoms with E-state index in [1.807, 2.05) is 31.2 Å². The lowest BCUT2D eigenvalue weighted by Gasteiger charge is -2.13. The number of hydrogen-bond donors (Lipinski definition) is 1. The molecule has 1 N–H and O–H groups in total. The fourth-order valence-corrected chi connectivity index (χ4v) is 3.92. The molecule has 0 bridgehead atoms. The minimum Gasteiger partial charge on any atom is -0.465 e. The number of para-hydroxylation sites is 1. The number of carbonyl (C=O) groups excluding carboxylic acids is 2. The van der Waals surface area contributed by atoms with Crippen LogP contribution < -0.4 is 4.72 Å². The van der Waals surface area contributed by atoms with E-state index in [1.165, 1.54) is 13.2 Å². The molecule has 33 heavy (non-hydrogen) atoms. The number of nitrogens with one attached hydrogen (secondary N) is 1. The van der Waals surface area contributed by atoms with E-state index in [-0.39, 0.29) is 17.9 Å². The van der Waals surface area contributed by atoms with E-state index in [2.05, 4.69) is 9.71 Å². The first kappa shape index (κ1) is 24.1. The molecule has 0 spiro atoms. The number of rotatable bonds is 8. The van der Waals surface area contributed by atoms with Gasteiger partial charge in [-0.15, -0.1) is 0 Å². The van der Waals surface area contributed by atoms with Crippen LogP contribution in [-0.2, 0) is 30.9 Å². The SMILES string of the molecule is COC(=O)c1c(COC(=O)CNS(=O)(=O)/C=C/c2ccc(C)cc2)nc2ccccc2c1C. The Bertz CT molecular complexity index is 1310. The molecule has 172 valence electrons. The normalized spacial score (nSPS) is 11.6. The van der Waals surface area contributed by atoms with Crippen LogP contribution in [-0.4, -0.2) is 39.0 Å². The Morgan fingerprint density at radius 1 is 1.06 bits per heavy atom. The van der Waals surface area contributed by atoms with E-state index in [4.69, 9.17) is 9.47 Å². The van der Waals surface area contributed by atoms with Crippen LogP contribution in [0.2, 0.25) is 0 Å². The minimum atomic E-state index is -3.85. The molecular weight excluding hydrogens is 444 g/mol. The molecule has 1 aromatic heterocycles. The monoisotopic (exact) mass is 468 g/mol. The zero-order valence-electron chi connectivity index (χ0n) is 18.5. The second-order valence-electron chi connectivity index (χ2n) is 7.31. The Balaban J connectivity index is 1.67. The van der Waals surface area contributed by atoms with Crippen LogP contribution in [0.25, 0.3) is 17.0 Å². The highest BCUT2D eigenvalue weighted by molar-refractivity contribution is 7.92. The standard InChI is InChI=1S/C24H24N2O6S/c1-16-8-10-18(11-9-16)12-13-33(29,30)25-14-22(27)32-15-21-23(24(28)31-3)17(2)19-6-4-5-7-20(19)26-21/h4-13,25H,14-15H2,1-3H3/b13-12+. The maximum absolute atomic E-state index is 12.3. The molecule has 0 fully saturated rings. The van der Waals surface area contributed by atoms with Gasteiger partial charge in [0.2, 0.25) is 10.0 Å². The highest BCUT2D eigenvalue weighted by Gasteiger charge is 2.20. The number of nitrogens with zero attached hydrogens (tertiary/aromatic N) is 1. The smallest absolute Gasteiger partial charge is 0.340 e. The average Bonchev–Trinajstić information content (AvgIpc) is 2.81. The predicted octanol–water partition coefficient (Wildman–Crippen LogP) is 3.27. The molecule has 0 aliphatic heterocycles. The Hall–Kier alpha value is -3.56. The summed E-state index contributed by atoms with van der Waals surface area (Å²) in [5, 5.41) is 1.76. The van der Waals surface area contributed by atoms with Gasteiger partial charge in [-0.05, 0) is 37.1 Å². The van der Waals surface area contributed by atoms with Gasteiger partial charge in [-0.1, -0.05) is 48.0 Å². The minimum absolute atomic E-state index is 0.214. The van der Waals surface area contributed by atoms with Crippen molar-refractivity contribution in [3.63, 3.8) is 0 Å². The lowest BCUT2D eigenvalue weighted by molar-refractivity contribution is -0.143. The first-order valence-electron chi connectivity index (χ1n) is 10.1. The first-order chi connectivity index (χ1) is 15.7. The van der Waals surface area contributed by atoms with Gasteiger partial charge in [0.05, 0.1) is 23.9 Å².